The quantitative estimate of drug-likeness (QED) is 0.806. The molecule has 0 aromatic heterocycles. The Labute approximate surface area is 141 Å². The number of nitrogens with zero attached hydrogens (tertiary/aromatic N) is 2. The summed E-state index contributed by atoms with van der Waals surface area (Å²) in [6, 6.07) is 1.49. The fourth-order valence-corrected chi connectivity index (χ4v) is 6.12. The predicted octanol–water partition coefficient (Wildman–Crippen LogP) is 3.08. The molecule has 130 valence electrons. The summed E-state index contributed by atoms with van der Waals surface area (Å²) in [6.45, 7) is 12.6. The van der Waals surface area contributed by atoms with Gasteiger partial charge in [-0.05, 0) is 62.3 Å². The summed E-state index contributed by atoms with van der Waals surface area (Å²) in [4.78, 5) is 17.7. The lowest BCUT2D eigenvalue weighted by atomic mass is 9.69. The van der Waals surface area contributed by atoms with Gasteiger partial charge in [0.1, 0.15) is 0 Å². The molecule has 1 N–H and O–H groups in total. The van der Waals surface area contributed by atoms with E-state index in [4.69, 9.17) is 0 Å². The maximum Gasteiger partial charge on any atom is 0.317 e. The van der Waals surface area contributed by atoms with Crippen molar-refractivity contribution >= 4 is 6.03 Å². The highest BCUT2D eigenvalue weighted by Gasteiger charge is 2.61. The second-order valence-electron chi connectivity index (χ2n) is 9.40. The van der Waals surface area contributed by atoms with Crippen LogP contribution in [0.15, 0.2) is 0 Å². The lowest BCUT2D eigenvalue weighted by Crippen LogP contribution is -2.61. The third kappa shape index (κ3) is 2.16. The van der Waals surface area contributed by atoms with Gasteiger partial charge < -0.3 is 10.2 Å². The standard InChI is InChI=1S/C19H33N3O/c1-13-11-21-9-5-6-15(21)12-22(13)17(23)20-16-10-14-7-8-19(16,4)18(14,2)3/h13-16H,5-12H2,1-4H3,(H,20,23)/t13-,14-,15+,16+,19-/m1/s1. The number of hydrogen-bond donors (Lipinski definition) is 1. The Morgan fingerprint density at radius 2 is 1.96 bits per heavy atom. The van der Waals surface area contributed by atoms with E-state index in [1.54, 1.807) is 0 Å². The van der Waals surface area contributed by atoms with E-state index in [0.29, 0.717) is 23.5 Å². The van der Waals surface area contributed by atoms with Crippen molar-refractivity contribution in [1.29, 1.82) is 0 Å². The smallest absolute Gasteiger partial charge is 0.317 e. The van der Waals surface area contributed by atoms with Crippen LogP contribution >= 0.6 is 0 Å². The molecule has 2 aliphatic carbocycles. The molecule has 2 amide bonds. The van der Waals surface area contributed by atoms with Crippen molar-refractivity contribution in [3.63, 3.8) is 0 Å². The molecule has 2 bridgehead atoms. The molecule has 4 rings (SSSR count). The molecule has 0 aromatic carbocycles. The van der Waals surface area contributed by atoms with E-state index in [9.17, 15) is 4.79 Å². The van der Waals surface area contributed by atoms with Gasteiger partial charge >= 0.3 is 6.03 Å². The lowest BCUT2D eigenvalue weighted by molar-refractivity contribution is 0.0712. The Hall–Kier alpha value is -0.770. The van der Waals surface area contributed by atoms with Crippen LogP contribution in [0.4, 0.5) is 4.79 Å². The van der Waals surface area contributed by atoms with Crippen molar-refractivity contribution in [2.75, 3.05) is 19.6 Å². The molecule has 0 aromatic rings. The Balaban J connectivity index is 1.44. The zero-order chi connectivity index (χ0) is 16.4. The summed E-state index contributed by atoms with van der Waals surface area (Å²) in [7, 11) is 0. The number of carbonyl (C=O) groups excluding carboxylic acids is 1. The average molecular weight is 319 g/mol. The molecular formula is C19H33N3O. The second kappa shape index (κ2) is 5.11. The molecule has 23 heavy (non-hydrogen) atoms. The third-order valence-corrected chi connectivity index (χ3v) is 8.29. The van der Waals surface area contributed by atoms with Crippen molar-refractivity contribution in [1.82, 2.24) is 15.1 Å². The first kappa shape index (κ1) is 15.7. The van der Waals surface area contributed by atoms with Gasteiger partial charge in [0.15, 0.2) is 0 Å². The number of piperazine rings is 1. The highest BCUT2D eigenvalue weighted by atomic mass is 16.2. The first-order valence-electron chi connectivity index (χ1n) is 9.64. The number of hydrogen-bond acceptors (Lipinski definition) is 2. The molecule has 0 radical (unpaired) electrons. The van der Waals surface area contributed by atoms with Gasteiger partial charge in [0.2, 0.25) is 0 Å². The number of rotatable bonds is 1. The van der Waals surface area contributed by atoms with Crippen LogP contribution in [0.3, 0.4) is 0 Å². The fourth-order valence-electron chi connectivity index (χ4n) is 6.12. The van der Waals surface area contributed by atoms with Gasteiger partial charge in [-0.2, -0.15) is 0 Å². The predicted molar refractivity (Wildman–Crippen MR) is 92.3 cm³/mol. The fraction of sp³-hybridized carbons (Fsp3) is 0.947. The number of carbonyl (C=O) groups is 1. The van der Waals surface area contributed by atoms with Crippen molar-refractivity contribution in [2.24, 2.45) is 16.7 Å². The Bertz CT molecular complexity index is 505. The summed E-state index contributed by atoms with van der Waals surface area (Å²) in [5.41, 5.74) is 0.631. The summed E-state index contributed by atoms with van der Waals surface area (Å²) in [6.07, 6.45) is 6.33. The summed E-state index contributed by atoms with van der Waals surface area (Å²) in [5, 5.41) is 3.45. The number of fused-ring (bicyclic) bond motifs is 3. The summed E-state index contributed by atoms with van der Waals surface area (Å²) >= 11 is 0. The maximum atomic E-state index is 13.0. The van der Waals surface area contributed by atoms with E-state index in [-0.39, 0.29) is 11.4 Å². The maximum absolute atomic E-state index is 13.0. The van der Waals surface area contributed by atoms with Crippen LogP contribution in [0.2, 0.25) is 0 Å². The minimum atomic E-state index is 0.193. The minimum Gasteiger partial charge on any atom is -0.335 e. The number of nitrogens with one attached hydrogen (secondary N) is 1. The summed E-state index contributed by atoms with van der Waals surface area (Å²) in [5.74, 6) is 0.780. The Morgan fingerprint density at radius 3 is 2.61 bits per heavy atom. The van der Waals surface area contributed by atoms with Crippen LogP contribution in [0, 0.1) is 16.7 Å². The van der Waals surface area contributed by atoms with Crippen molar-refractivity contribution < 1.29 is 4.79 Å². The monoisotopic (exact) mass is 319 g/mol. The van der Waals surface area contributed by atoms with E-state index in [2.05, 4.69) is 42.8 Å². The highest BCUT2D eigenvalue weighted by molar-refractivity contribution is 5.75. The molecule has 4 fully saturated rings. The molecule has 4 nitrogen and oxygen atoms in total. The van der Waals surface area contributed by atoms with Crippen LogP contribution in [0.25, 0.3) is 0 Å². The largest absolute Gasteiger partial charge is 0.335 e. The van der Waals surface area contributed by atoms with Gasteiger partial charge in [-0.15, -0.1) is 0 Å². The topological polar surface area (TPSA) is 35.6 Å². The second-order valence-corrected chi connectivity index (χ2v) is 9.40. The normalized spacial score (nSPS) is 45.3. The number of urea groups is 1. The van der Waals surface area contributed by atoms with E-state index >= 15 is 0 Å². The van der Waals surface area contributed by atoms with Crippen LogP contribution in [-0.2, 0) is 0 Å². The van der Waals surface area contributed by atoms with Gasteiger partial charge in [0.25, 0.3) is 0 Å². The van der Waals surface area contributed by atoms with E-state index < -0.39 is 0 Å². The van der Waals surface area contributed by atoms with Crippen LogP contribution in [0.5, 0.6) is 0 Å². The molecule has 2 saturated heterocycles. The molecule has 5 atom stereocenters. The molecule has 0 unspecified atom stereocenters. The van der Waals surface area contributed by atoms with Gasteiger partial charge in [-0.25, -0.2) is 4.79 Å². The first-order chi connectivity index (χ1) is 10.8. The molecule has 2 aliphatic heterocycles. The first-order valence-corrected chi connectivity index (χ1v) is 9.64. The van der Waals surface area contributed by atoms with Crippen molar-refractivity contribution in [2.45, 2.75) is 77.9 Å². The van der Waals surface area contributed by atoms with Crippen molar-refractivity contribution in [3.8, 4) is 0 Å². The lowest BCUT2D eigenvalue weighted by Gasteiger charge is -2.44. The van der Waals surface area contributed by atoms with Gasteiger partial charge in [-0.1, -0.05) is 20.8 Å². The van der Waals surface area contributed by atoms with Crippen LogP contribution in [-0.4, -0.2) is 53.6 Å². The third-order valence-electron chi connectivity index (χ3n) is 8.29. The van der Waals surface area contributed by atoms with E-state index in [0.717, 1.165) is 19.0 Å². The van der Waals surface area contributed by atoms with Crippen LogP contribution in [0.1, 0.15) is 59.8 Å². The molecular weight excluding hydrogens is 286 g/mol. The Kier molecular flexibility index (Phi) is 3.50. The molecule has 4 aliphatic rings. The molecule has 0 spiro atoms. The Morgan fingerprint density at radius 1 is 1.17 bits per heavy atom. The minimum absolute atomic E-state index is 0.193. The van der Waals surface area contributed by atoms with Crippen LogP contribution < -0.4 is 5.32 Å². The summed E-state index contributed by atoms with van der Waals surface area (Å²) < 4.78 is 0. The SMILES string of the molecule is C[C@@H]1CN2CCC[C@H]2CN1C(=O)N[C@H]1C[C@H]2CC[C@@]1(C)C2(C)C. The number of amides is 2. The zero-order valence-electron chi connectivity index (χ0n) is 15.3. The molecule has 2 saturated carbocycles. The van der Waals surface area contributed by atoms with Gasteiger partial charge in [0, 0.05) is 31.2 Å². The zero-order valence-corrected chi connectivity index (χ0v) is 15.3. The highest BCUT2D eigenvalue weighted by Crippen LogP contribution is 2.65. The van der Waals surface area contributed by atoms with Crippen molar-refractivity contribution in [3.05, 3.63) is 0 Å². The van der Waals surface area contributed by atoms with Gasteiger partial charge in [-0.3, -0.25) is 4.90 Å². The van der Waals surface area contributed by atoms with E-state index in [1.807, 2.05) is 0 Å². The van der Waals surface area contributed by atoms with Gasteiger partial charge in [0.05, 0.1) is 0 Å². The average Bonchev–Trinajstić information content (AvgIpc) is 3.08. The van der Waals surface area contributed by atoms with E-state index in [1.165, 1.54) is 38.6 Å². The molecule has 2 heterocycles. The molecule has 4 heteroatoms.